The summed E-state index contributed by atoms with van der Waals surface area (Å²) >= 11 is 0. The summed E-state index contributed by atoms with van der Waals surface area (Å²) in [6.07, 6.45) is 6.73. The predicted octanol–water partition coefficient (Wildman–Crippen LogP) is 2.09. The maximum atomic E-state index is 5.34. The Morgan fingerprint density at radius 1 is 1.12 bits per heavy atom. The highest BCUT2D eigenvalue weighted by molar-refractivity contribution is 5.79. The second kappa shape index (κ2) is 11.0. The largest absolute Gasteiger partial charge is 0.493 e. The number of aryl methyl sites for hydroxylation is 2. The smallest absolute Gasteiger partial charge is 0.190 e. The number of hydrogen-bond donors (Lipinski definition) is 2. The summed E-state index contributed by atoms with van der Waals surface area (Å²) in [6.45, 7) is 2.61. The fourth-order valence-corrected chi connectivity index (χ4v) is 2.64. The molecule has 2 aromatic rings. The number of methoxy groups -OCH3 is 2. The summed E-state index contributed by atoms with van der Waals surface area (Å²) in [6, 6.07) is 7.99. The first-order chi connectivity index (χ1) is 12.8. The molecule has 0 spiro atoms. The lowest BCUT2D eigenvalue weighted by atomic mass is 10.1. The molecule has 0 bridgehead atoms. The van der Waals surface area contributed by atoms with Crippen LogP contribution < -0.4 is 20.1 Å². The van der Waals surface area contributed by atoms with E-state index in [2.05, 4.69) is 26.8 Å². The second-order valence-electron chi connectivity index (χ2n) is 5.84. The normalized spacial score (nSPS) is 11.3. The molecule has 0 aliphatic heterocycles. The van der Waals surface area contributed by atoms with E-state index in [4.69, 9.17) is 9.47 Å². The molecule has 142 valence electrons. The third kappa shape index (κ3) is 6.31. The van der Waals surface area contributed by atoms with Crippen LogP contribution in [-0.4, -0.2) is 50.1 Å². The molecule has 0 amide bonds. The van der Waals surface area contributed by atoms with Gasteiger partial charge in [-0.25, -0.2) is 0 Å². The minimum absolute atomic E-state index is 0.758. The average Bonchev–Trinajstić information content (AvgIpc) is 3.20. The molecule has 7 heteroatoms. The van der Waals surface area contributed by atoms with Crippen molar-refractivity contribution < 1.29 is 9.47 Å². The van der Waals surface area contributed by atoms with E-state index >= 15 is 0 Å². The average molecular weight is 359 g/mol. The van der Waals surface area contributed by atoms with Crippen LogP contribution in [0, 0.1) is 0 Å². The van der Waals surface area contributed by atoms with Crippen LogP contribution in [0.1, 0.15) is 18.4 Å². The zero-order chi connectivity index (χ0) is 18.6. The van der Waals surface area contributed by atoms with E-state index in [1.165, 1.54) is 5.56 Å². The van der Waals surface area contributed by atoms with Crippen molar-refractivity contribution in [1.29, 1.82) is 0 Å². The molecule has 0 unspecified atom stereocenters. The molecule has 1 aromatic heterocycles. The van der Waals surface area contributed by atoms with Crippen LogP contribution in [0.25, 0.3) is 0 Å². The van der Waals surface area contributed by atoms with E-state index in [1.807, 2.05) is 29.1 Å². The molecule has 2 rings (SSSR count). The van der Waals surface area contributed by atoms with E-state index in [1.54, 1.807) is 27.5 Å². The third-order valence-corrected chi connectivity index (χ3v) is 4.02. The number of rotatable bonds is 10. The maximum Gasteiger partial charge on any atom is 0.190 e. The van der Waals surface area contributed by atoms with Gasteiger partial charge in [-0.1, -0.05) is 6.07 Å². The standard InChI is InChI=1S/C19H29N5O2/c1-20-19(22-11-5-13-24-14-6-12-23-24)21-10-4-7-16-8-9-17(25-2)18(15-16)26-3/h6,8-9,12,14-15H,4-5,7,10-11,13H2,1-3H3,(H2,20,21,22). The Bertz CT molecular complexity index is 671. The third-order valence-electron chi connectivity index (χ3n) is 4.02. The van der Waals surface area contributed by atoms with Gasteiger partial charge in [-0.15, -0.1) is 0 Å². The lowest BCUT2D eigenvalue weighted by Gasteiger charge is -2.12. The molecule has 0 aliphatic carbocycles. The van der Waals surface area contributed by atoms with Gasteiger partial charge >= 0.3 is 0 Å². The lowest BCUT2D eigenvalue weighted by Crippen LogP contribution is -2.38. The van der Waals surface area contributed by atoms with Gasteiger partial charge in [0.25, 0.3) is 0 Å². The fraction of sp³-hybridized carbons (Fsp3) is 0.474. The van der Waals surface area contributed by atoms with E-state index in [-0.39, 0.29) is 0 Å². The molecule has 0 fully saturated rings. The number of hydrogen-bond acceptors (Lipinski definition) is 4. The number of guanidine groups is 1. The van der Waals surface area contributed by atoms with Gasteiger partial charge in [0.2, 0.25) is 0 Å². The topological polar surface area (TPSA) is 72.7 Å². The van der Waals surface area contributed by atoms with Gasteiger partial charge in [-0.2, -0.15) is 5.10 Å². The van der Waals surface area contributed by atoms with Gasteiger partial charge in [0.15, 0.2) is 17.5 Å². The van der Waals surface area contributed by atoms with E-state index in [0.29, 0.717) is 0 Å². The summed E-state index contributed by atoms with van der Waals surface area (Å²) < 4.78 is 12.5. The van der Waals surface area contributed by atoms with Gasteiger partial charge in [0.1, 0.15) is 0 Å². The number of benzene rings is 1. The Kier molecular flexibility index (Phi) is 8.32. The quantitative estimate of drug-likeness (QED) is 0.386. The number of ether oxygens (including phenoxy) is 2. The first kappa shape index (κ1) is 19.6. The zero-order valence-electron chi connectivity index (χ0n) is 15.9. The molecular formula is C19H29N5O2. The van der Waals surface area contributed by atoms with Crippen molar-refractivity contribution in [3.05, 3.63) is 42.2 Å². The molecule has 0 saturated carbocycles. The minimum Gasteiger partial charge on any atom is -0.493 e. The van der Waals surface area contributed by atoms with Crippen molar-refractivity contribution in [3.63, 3.8) is 0 Å². The first-order valence-corrected chi connectivity index (χ1v) is 8.89. The highest BCUT2D eigenvalue weighted by Crippen LogP contribution is 2.27. The Balaban J connectivity index is 1.64. The predicted molar refractivity (Wildman–Crippen MR) is 104 cm³/mol. The van der Waals surface area contributed by atoms with E-state index in [0.717, 1.165) is 56.4 Å². The SMILES string of the molecule is CN=C(NCCCc1ccc(OC)c(OC)c1)NCCCn1cccn1. The van der Waals surface area contributed by atoms with Crippen LogP contribution >= 0.6 is 0 Å². The summed E-state index contributed by atoms with van der Waals surface area (Å²) in [7, 11) is 5.09. The monoisotopic (exact) mass is 359 g/mol. The Morgan fingerprint density at radius 2 is 1.88 bits per heavy atom. The molecular weight excluding hydrogens is 330 g/mol. The van der Waals surface area contributed by atoms with Gasteiger partial charge in [-0.3, -0.25) is 9.67 Å². The van der Waals surface area contributed by atoms with Gasteiger partial charge in [0.05, 0.1) is 14.2 Å². The van der Waals surface area contributed by atoms with Crippen molar-refractivity contribution in [1.82, 2.24) is 20.4 Å². The van der Waals surface area contributed by atoms with Crippen LogP contribution in [0.3, 0.4) is 0 Å². The summed E-state index contributed by atoms with van der Waals surface area (Å²) in [5.41, 5.74) is 1.23. The molecule has 2 N–H and O–H groups in total. The molecule has 0 radical (unpaired) electrons. The number of aromatic nitrogens is 2. The van der Waals surface area contributed by atoms with Crippen LogP contribution in [0.4, 0.5) is 0 Å². The Labute approximate surface area is 155 Å². The first-order valence-electron chi connectivity index (χ1n) is 8.89. The van der Waals surface area contributed by atoms with Crippen molar-refractivity contribution >= 4 is 5.96 Å². The fourth-order valence-electron chi connectivity index (χ4n) is 2.64. The molecule has 1 heterocycles. The van der Waals surface area contributed by atoms with Crippen LogP contribution in [0.5, 0.6) is 11.5 Å². The lowest BCUT2D eigenvalue weighted by molar-refractivity contribution is 0.354. The van der Waals surface area contributed by atoms with Gasteiger partial charge < -0.3 is 20.1 Å². The van der Waals surface area contributed by atoms with Crippen LogP contribution in [0.2, 0.25) is 0 Å². The molecule has 0 aliphatic rings. The van der Waals surface area contributed by atoms with Crippen LogP contribution in [0.15, 0.2) is 41.7 Å². The van der Waals surface area contributed by atoms with Crippen molar-refractivity contribution in [2.75, 3.05) is 34.4 Å². The molecule has 26 heavy (non-hydrogen) atoms. The number of aliphatic imine (C=N–C) groups is 1. The van der Waals surface area contributed by atoms with Gasteiger partial charge in [-0.05, 0) is 43.0 Å². The highest BCUT2D eigenvalue weighted by Gasteiger charge is 2.04. The van der Waals surface area contributed by atoms with Gasteiger partial charge in [0, 0.05) is 39.1 Å². The van der Waals surface area contributed by atoms with Crippen molar-refractivity contribution in [3.8, 4) is 11.5 Å². The summed E-state index contributed by atoms with van der Waals surface area (Å²) in [5.74, 6) is 2.36. The summed E-state index contributed by atoms with van der Waals surface area (Å²) in [4.78, 5) is 4.25. The Hall–Kier alpha value is -2.70. The number of nitrogens with one attached hydrogen (secondary N) is 2. The van der Waals surface area contributed by atoms with E-state index < -0.39 is 0 Å². The molecule has 0 saturated heterocycles. The minimum atomic E-state index is 0.758. The van der Waals surface area contributed by atoms with Crippen LogP contribution in [-0.2, 0) is 13.0 Å². The maximum absolute atomic E-state index is 5.34. The van der Waals surface area contributed by atoms with E-state index in [9.17, 15) is 0 Å². The molecule has 7 nitrogen and oxygen atoms in total. The van der Waals surface area contributed by atoms with Crippen molar-refractivity contribution in [2.24, 2.45) is 4.99 Å². The summed E-state index contributed by atoms with van der Waals surface area (Å²) in [5, 5.41) is 10.9. The Morgan fingerprint density at radius 3 is 2.54 bits per heavy atom. The highest BCUT2D eigenvalue weighted by atomic mass is 16.5. The second-order valence-corrected chi connectivity index (χ2v) is 5.84. The molecule has 0 atom stereocenters. The number of nitrogens with zero attached hydrogens (tertiary/aromatic N) is 3. The van der Waals surface area contributed by atoms with Crippen molar-refractivity contribution in [2.45, 2.75) is 25.8 Å². The zero-order valence-corrected chi connectivity index (χ0v) is 15.9. The molecule has 1 aromatic carbocycles.